The van der Waals surface area contributed by atoms with Crippen LogP contribution in [-0.2, 0) is 6.42 Å². The minimum absolute atomic E-state index is 0.786. The van der Waals surface area contributed by atoms with Crippen LogP contribution in [0.2, 0.25) is 0 Å². The highest BCUT2D eigenvalue weighted by atomic mass is 32.1. The monoisotopic (exact) mass is 285 g/mol. The van der Waals surface area contributed by atoms with Gasteiger partial charge in [0.25, 0.3) is 0 Å². The summed E-state index contributed by atoms with van der Waals surface area (Å²) in [5, 5.41) is 0. The third kappa shape index (κ3) is 3.68. The quantitative estimate of drug-likeness (QED) is 0.710. The van der Waals surface area contributed by atoms with Crippen molar-refractivity contribution in [2.75, 3.05) is 0 Å². The van der Waals surface area contributed by atoms with Gasteiger partial charge in [0.2, 0.25) is 0 Å². The topological polar surface area (TPSA) is 0 Å². The van der Waals surface area contributed by atoms with Crippen molar-refractivity contribution in [2.24, 2.45) is 0 Å². The van der Waals surface area contributed by atoms with Crippen LogP contribution in [0.5, 0.6) is 0 Å². The molecule has 19 heavy (non-hydrogen) atoms. The molecular formula is C17H17S2. The molecule has 1 aliphatic rings. The number of benzene rings is 1. The van der Waals surface area contributed by atoms with Gasteiger partial charge in [-0.1, -0.05) is 80.3 Å². The summed E-state index contributed by atoms with van der Waals surface area (Å²) in [6.45, 7) is 2.20. The van der Waals surface area contributed by atoms with Crippen molar-refractivity contribution in [2.45, 2.75) is 26.2 Å². The summed E-state index contributed by atoms with van der Waals surface area (Å²) in [4.78, 5) is 1.62. The summed E-state index contributed by atoms with van der Waals surface area (Å²) in [5.41, 5.74) is 2.49. The molecule has 97 valence electrons. The zero-order valence-corrected chi connectivity index (χ0v) is 12.7. The summed E-state index contributed by atoms with van der Waals surface area (Å²) < 4.78 is 0. The molecule has 0 nitrogen and oxygen atoms in total. The minimum atomic E-state index is 0.786. The van der Waals surface area contributed by atoms with Gasteiger partial charge >= 0.3 is 0 Å². The number of hydrogen-bond donors (Lipinski definition) is 0. The van der Waals surface area contributed by atoms with E-state index < -0.39 is 0 Å². The maximum atomic E-state index is 5.47. The first-order valence-electron chi connectivity index (χ1n) is 6.58. The van der Waals surface area contributed by atoms with Gasteiger partial charge in [0.1, 0.15) is 0 Å². The standard InChI is InChI=1S/C17H17S2/c1-2-7-14(12-13-8-4-3-5-9-13)15-10-6-11-16(18)17(15)19/h3-6,8-11H,2,7,12H2,1H3. The van der Waals surface area contributed by atoms with Crippen LogP contribution in [0.3, 0.4) is 0 Å². The Morgan fingerprint density at radius 3 is 2.53 bits per heavy atom. The SMILES string of the molecule is CCC[C](Cc1ccccc1)C1=CC=CC(=S)C1=S. The molecule has 1 aromatic carbocycles. The molecule has 1 aliphatic carbocycles. The van der Waals surface area contributed by atoms with Crippen LogP contribution in [0.25, 0.3) is 0 Å². The van der Waals surface area contributed by atoms with Gasteiger partial charge < -0.3 is 0 Å². The minimum Gasteiger partial charge on any atom is -0.0785 e. The van der Waals surface area contributed by atoms with E-state index in [2.05, 4.69) is 37.3 Å². The van der Waals surface area contributed by atoms with E-state index in [1.165, 1.54) is 11.5 Å². The van der Waals surface area contributed by atoms with Gasteiger partial charge in [-0.3, -0.25) is 0 Å². The molecular weight excluding hydrogens is 268 g/mol. The lowest BCUT2D eigenvalue weighted by atomic mass is 9.84. The lowest BCUT2D eigenvalue weighted by molar-refractivity contribution is 0.788. The number of rotatable bonds is 5. The fraction of sp³-hybridized carbons (Fsp3) is 0.235. The van der Waals surface area contributed by atoms with E-state index in [1.807, 2.05) is 18.2 Å². The maximum Gasteiger partial charge on any atom is 0.0595 e. The number of allylic oxidation sites excluding steroid dienone is 4. The molecule has 0 spiro atoms. The van der Waals surface area contributed by atoms with E-state index in [-0.39, 0.29) is 0 Å². The molecule has 0 atom stereocenters. The molecule has 0 N–H and O–H groups in total. The Labute approximate surface area is 126 Å². The van der Waals surface area contributed by atoms with Crippen molar-refractivity contribution in [3.63, 3.8) is 0 Å². The smallest absolute Gasteiger partial charge is 0.0595 e. The highest BCUT2D eigenvalue weighted by Crippen LogP contribution is 2.28. The van der Waals surface area contributed by atoms with E-state index in [4.69, 9.17) is 24.4 Å². The van der Waals surface area contributed by atoms with Crippen molar-refractivity contribution in [1.29, 1.82) is 0 Å². The summed E-state index contributed by atoms with van der Waals surface area (Å²) >= 11 is 10.8. The van der Waals surface area contributed by atoms with Crippen LogP contribution < -0.4 is 0 Å². The van der Waals surface area contributed by atoms with Crippen LogP contribution in [0.4, 0.5) is 0 Å². The average Bonchev–Trinajstić information content (AvgIpc) is 2.43. The van der Waals surface area contributed by atoms with Crippen LogP contribution in [0.15, 0.2) is 54.1 Å². The molecule has 1 radical (unpaired) electrons. The fourth-order valence-electron chi connectivity index (χ4n) is 2.26. The van der Waals surface area contributed by atoms with Gasteiger partial charge in [0, 0.05) is 5.92 Å². The van der Waals surface area contributed by atoms with Crippen LogP contribution in [-0.4, -0.2) is 9.73 Å². The first kappa shape index (κ1) is 14.3. The molecule has 0 aliphatic heterocycles. The van der Waals surface area contributed by atoms with E-state index >= 15 is 0 Å². The van der Waals surface area contributed by atoms with Crippen molar-refractivity contribution >= 4 is 34.2 Å². The average molecular weight is 285 g/mol. The second-order valence-electron chi connectivity index (χ2n) is 4.65. The molecule has 0 heterocycles. The van der Waals surface area contributed by atoms with Gasteiger partial charge in [0.15, 0.2) is 0 Å². The van der Waals surface area contributed by atoms with Crippen molar-refractivity contribution in [3.05, 3.63) is 65.6 Å². The van der Waals surface area contributed by atoms with E-state index in [9.17, 15) is 0 Å². The largest absolute Gasteiger partial charge is 0.0785 e. The lowest BCUT2D eigenvalue weighted by Gasteiger charge is -2.21. The Morgan fingerprint density at radius 1 is 1.11 bits per heavy atom. The van der Waals surface area contributed by atoms with Crippen molar-refractivity contribution in [3.8, 4) is 0 Å². The van der Waals surface area contributed by atoms with Crippen LogP contribution in [0, 0.1) is 5.92 Å². The highest BCUT2D eigenvalue weighted by Gasteiger charge is 2.21. The number of thiocarbonyl (C=S) groups is 2. The second kappa shape index (κ2) is 6.88. The van der Waals surface area contributed by atoms with Crippen molar-refractivity contribution in [1.82, 2.24) is 0 Å². The summed E-state index contributed by atoms with van der Waals surface area (Å²) in [6, 6.07) is 10.5. The molecule has 0 amide bonds. The fourth-order valence-corrected chi connectivity index (χ4v) is 2.73. The summed E-state index contributed by atoms with van der Waals surface area (Å²) in [6.07, 6.45) is 9.17. The van der Waals surface area contributed by atoms with E-state index in [0.29, 0.717) is 0 Å². The molecule has 0 fully saturated rings. The first-order chi connectivity index (χ1) is 9.22. The molecule has 0 aromatic heterocycles. The lowest BCUT2D eigenvalue weighted by Crippen LogP contribution is -2.19. The molecule has 0 saturated carbocycles. The third-order valence-corrected chi connectivity index (χ3v) is 4.08. The Balaban J connectivity index is 2.21. The summed E-state index contributed by atoms with van der Waals surface area (Å²) in [7, 11) is 0. The van der Waals surface area contributed by atoms with Gasteiger partial charge in [-0.25, -0.2) is 0 Å². The predicted octanol–water partition coefficient (Wildman–Crippen LogP) is 4.84. The van der Waals surface area contributed by atoms with Crippen LogP contribution in [0.1, 0.15) is 25.3 Å². The zero-order valence-electron chi connectivity index (χ0n) is 11.1. The Hall–Kier alpha value is -1.12. The number of hydrogen-bond acceptors (Lipinski definition) is 2. The molecule has 0 bridgehead atoms. The Morgan fingerprint density at radius 2 is 1.84 bits per heavy atom. The molecule has 0 saturated heterocycles. The maximum absolute atomic E-state index is 5.47. The summed E-state index contributed by atoms with van der Waals surface area (Å²) in [5.74, 6) is 1.39. The van der Waals surface area contributed by atoms with E-state index in [1.54, 1.807) is 0 Å². The normalized spacial score (nSPS) is 14.9. The third-order valence-electron chi connectivity index (χ3n) is 3.17. The van der Waals surface area contributed by atoms with Gasteiger partial charge in [0.05, 0.1) is 9.73 Å². The Kier molecular flexibility index (Phi) is 5.17. The predicted molar refractivity (Wildman–Crippen MR) is 90.7 cm³/mol. The van der Waals surface area contributed by atoms with Crippen molar-refractivity contribution < 1.29 is 0 Å². The van der Waals surface area contributed by atoms with Gasteiger partial charge in [-0.15, -0.1) is 0 Å². The second-order valence-corrected chi connectivity index (χ2v) is 5.50. The van der Waals surface area contributed by atoms with Crippen LogP contribution >= 0.6 is 24.4 Å². The molecule has 1 aromatic rings. The molecule has 2 heteroatoms. The van der Waals surface area contributed by atoms with Gasteiger partial charge in [-0.2, -0.15) is 0 Å². The Bertz CT molecular complexity index is 523. The molecule has 0 unspecified atom stereocenters. The first-order valence-corrected chi connectivity index (χ1v) is 7.40. The molecule has 2 rings (SSSR count). The highest BCUT2D eigenvalue weighted by molar-refractivity contribution is 7.90. The zero-order chi connectivity index (χ0) is 13.7. The van der Waals surface area contributed by atoms with Gasteiger partial charge in [-0.05, 0) is 30.1 Å². The van der Waals surface area contributed by atoms with E-state index in [0.717, 1.165) is 34.6 Å².